The van der Waals surface area contributed by atoms with Gasteiger partial charge in [0.1, 0.15) is 5.78 Å². The second kappa shape index (κ2) is 4.69. The highest BCUT2D eigenvalue weighted by atomic mass is 32.2. The van der Waals surface area contributed by atoms with E-state index in [1.165, 1.54) is 6.42 Å². The fraction of sp³-hybridized carbons (Fsp3) is 0.917. The molecule has 1 rings (SSSR count). The van der Waals surface area contributed by atoms with Gasteiger partial charge in [0, 0.05) is 23.3 Å². The van der Waals surface area contributed by atoms with Crippen molar-refractivity contribution < 1.29 is 4.79 Å². The highest BCUT2D eigenvalue weighted by Gasteiger charge is 2.36. The molecule has 0 amide bonds. The average molecular weight is 214 g/mol. The van der Waals surface area contributed by atoms with E-state index < -0.39 is 0 Å². The van der Waals surface area contributed by atoms with Crippen LogP contribution >= 0.6 is 11.8 Å². The summed E-state index contributed by atoms with van der Waals surface area (Å²) in [6.45, 7) is 9.09. The number of rotatable bonds is 3. The van der Waals surface area contributed by atoms with Gasteiger partial charge in [0.25, 0.3) is 0 Å². The first-order chi connectivity index (χ1) is 6.45. The highest BCUT2D eigenvalue weighted by molar-refractivity contribution is 8.00. The highest BCUT2D eigenvalue weighted by Crippen LogP contribution is 2.43. The van der Waals surface area contributed by atoms with Crippen LogP contribution in [0.15, 0.2) is 0 Å². The van der Waals surface area contributed by atoms with Crippen LogP contribution in [0.2, 0.25) is 0 Å². The summed E-state index contributed by atoms with van der Waals surface area (Å²) < 4.78 is 0. The summed E-state index contributed by atoms with van der Waals surface area (Å²) in [5, 5.41) is 1.23. The molecule has 0 aromatic carbocycles. The fourth-order valence-corrected chi connectivity index (χ4v) is 3.34. The summed E-state index contributed by atoms with van der Waals surface area (Å²) >= 11 is 2.01. The third-order valence-corrected chi connectivity index (χ3v) is 5.24. The Hall–Kier alpha value is 0.0200. The van der Waals surface area contributed by atoms with E-state index >= 15 is 0 Å². The molecule has 0 heterocycles. The van der Waals surface area contributed by atoms with Gasteiger partial charge in [-0.3, -0.25) is 4.79 Å². The van der Waals surface area contributed by atoms with E-state index in [2.05, 4.69) is 27.7 Å². The quantitative estimate of drug-likeness (QED) is 0.713. The third-order valence-electron chi connectivity index (χ3n) is 3.30. The first-order valence-corrected chi connectivity index (χ1v) is 6.57. The normalized spacial score (nSPS) is 28.9. The van der Waals surface area contributed by atoms with Gasteiger partial charge in [-0.15, -0.1) is 0 Å². The topological polar surface area (TPSA) is 17.1 Å². The summed E-state index contributed by atoms with van der Waals surface area (Å²) in [7, 11) is 0. The first kappa shape index (κ1) is 12.1. The van der Waals surface area contributed by atoms with Crippen molar-refractivity contribution >= 4 is 17.5 Å². The lowest BCUT2D eigenvalue weighted by molar-refractivity contribution is -0.121. The maximum atomic E-state index is 11.4. The van der Waals surface area contributed by atoms with Crippen molar-refractivity contribution in [3.05, 3.63) is 0 Å². The van der Waals surface area contributed by atoms with Crippen molar-refractivity contribution in [2.45, 2.75) is 63.9 Å². The second-order valence-electron chi connectivity index (χ2n) is 5.07. The molecule has 2 unspecified atom stereocenters. The molecule has 0 N–H and O–H groups in total. The molecule has 1 nitrogen and oxygen atoms in total. The molecule has 0 spiro atoms. The Morgan fingerprint density at radius 1 is 1.57 bits per heavy atom. The van der Waals surface area contributed by atoms with Crippen LogP contribution in [0.5, 0.6) is 0 Å². The lowest BCUT2D eigenvalue weighted by atomic mass is 9.76. The first-order valence-electron chi connectivity index (χ1n) is 5.63. The van der Waals surface area contributed by atoms with Crippen molar-refractivity contribution in [1.29, 1.82) is 0 Å². The van der Waals surface area contributed by atoms with E-state index in [4.69, 9.17) is 0 Å². The summed E-state index contributed by atoms with van der Waals surface area (Å²) in [5.74, 6) is 0.463. The van der Waals surface area contributed by atoms with Gasteiger partial charge in [0.2, 0.25) is 0 Å². The predicted molar refractivity (Wildman–Crippen MR) is 63.8 cm³/mol. The van der Waals surface area contributed by atoms with E-state index in [1.807, 2.05) is 11.8 Å². The Morgan fingerprint density at radius 3 is 2.79 bits per heavy atom. The zero-order valence-electron chi connectivity index (χ0n) is 9.80. The zero-order chi connectivity index (χ0) is 10.8. The van der Waals surface area contributed by atoms with Crippen LogP contribution in [0, 0.1) is 5.41 Å². The molecule has 82 valence electrons. The van der Waals surface area contributed by atoms with Crippen LogP contribution in [0.1, 0.15) is 53.4 Å². The van der Waals surface area contributed by atoms with Gasteiger partial charge in [-0.25, -0.2) is 0 Å². The lowest BCUT2D eigenvalue weighted by Crippen LogP contribution is -2.35. The Labute approximate surface area is 92.0 Å². The van der Waals surface area contributed by atoms with Gasteiger partial charge < -0.3 is 0 Å². The van der Waals surface area contributed by atoms with Gasteiger partial charge in [-0.2, -0.15) is 11.8 Å². The fourth-order valence-electron chi connectivity index (χ4n) is 1.82. The van der Waals surface area contributed by atoms with Gasteiger partial charge in [-0.05, 0) is 18.3 Å². The van der Waals surface area contributed by atoms with Crippen LogP contribution in [0.3, 0.4) is 0 Å². The maximum absolute atomic E-state index is 11.4. The Kier molecular flexibility index (Phi) is 4.05. The molecule has 0 saturated heterocycles. The zero-order valence-corrected chi connectivity index (χ0v) is 10.6. The Bertz CT molecular complexity index is 210. The minimum atomic E-state index is 0.349. The van der Waals surface area contributed by atoms with E-state index in [0.29, 0.717) is 21.7 Å². The summed E-state index contributed by atoms with van der Waals surface area (Å²) in [6.07, 6.45) is 3.86. The van der Waals surface area contributed by atoms with Crippen LogP contribution in [-0.2, 0) is 4.79 Å². The number of ketones is 1. The van der Waals surface area contributed by atoms with Gasteiger partial charge in [-0.1, -0.05) is 27.7 Å². The van der Waals surface area contributed by atoms with Crippen LogP contribution in [0.4, 0.5) is 0 Å². The molecule has 14 heavy (non-hydrogen) atoms. The van der Waals surface area contributed by atoms with Gasteiger partial charge in [0.15, 0.2) is 0 Å². The maximum Gasteiger partial charge on any atom is 0.134 e. The molecule has 1 aliphatic carbocycles. The second-order valence-corrected chi connectivity index (χ2v) is 6.72. The third kappa shape index (κ3) is 3.01. The minimum absolute atomic E-state index is 0.349. The molecule has 1 fully saturated rings. The van der Waals surface area contributed by atoms with Crippen LogP contribution in [0.25, 0.3) is 0 Å². The monoisotopic (exact) mass is 214 g/mol. The van der Waals surface area contributed by atoms with Crippen molar-refractivity contribution in [3.8, 4) is 0 Å². The van der Waals surface area contributed by atoms with Crippen molar-refractivity contribution in [1.82, 2.24) is 0 Å². The molecule has 2 atom stereocenters. The number of hydrogen-bond donors (Lipinski definition) is 0. The SMILES string of the molecule is CCC(C)SC1CC(=O)CCC1(C)C. The van der Waals surface area contributed by atoms with Gasteiger partial charge in [0.05, 0.1) is 0 Å². The van der Waals surface area contributed by atoms with Crippen molar-refractivity contribution in [3.63, 3.8) is 0 Å². The Morgan fingerprint density at radius 2 is 2.21 bits per heavy atom. The summed E-state index contributed by atoms with van der Waals surface area (Å²) in [6, 6.07) is 0. The molecule has 0 aliphatic heterocycles. The lowest BCUT2D eigenvalue weighted by Gasteiger charge is -2.38. The van der Waals surface area contributed by atoms with E-state index in [1.54, 1.807) is 0 Å². The smallest absolute Gasteiger partial charge is 0.134 e. The molecule has 0 aromatic heterocycles. The number of hydrogen-bond acceptors (Lipinski definition) is 2. The molecule has 0 bridgehead atoms. The van der Waals surface area contributed by atoms with E-state index in [9.17, 15) is 4.79 Å². The number of thioether (sulfide) groups is 1. The minimum Gasteiger partial charge on any atom is -0.300 e. The molecule has 1 saturated carbocycles. The molecular formula is C12H22OS. The van der Waals surface area contributed by atoms with Crippen molar-refractivity contribution in [2.75, 3.05) is 0 Å². The van der Waals surface area contributed by atoms with E-state index in [-0.39, 0.29) is 0 Å². The number of carbonyl (C=O) groups is 1. The number of Topliss-reactive ketones (excluding diaryl/α,β-unsaturated/α-hetero) is 1. The van der Waals surface area contributed by atoms with Crippen LogP contribution < -0.4 is 0 Å². The standard InChI is InChI=1S/C12H22OS/c1-5-9(2)14-11-8-10(13)6-7-12(11,3)4/h9,11H,5-8H2,1-4H3. The summed E-state index contributed by atoms with van der Waals surface area (Å²) in [5.41, 5.74) is 0.349. The molecule has 1 aliphatic rings. The average Bonchev–Trinajstić information content (AvgIpc) is 2.12. The predicted octanol–water partition coefficient (Wildman–Crippen LogP) is 3.67. The van der Waals surface area contributed by atoms with Gasteiger partial charge >= 0.3 is 0 Å². The van der Waals surface area contributed by atoms with E-state index in [0.717, 1.165) is 19.3 Å². The molecule has 0 radical (unpaired) electrons. The largest absolute Gasteiger partial charge is 0.300 e. The molecule has 0 aromatic rings. The molecular weight excluding hydrogens is 192 g/mol. The van der Waals surface area contributed by atoms with Crippen molar-refractivity contribution in [2.24, 2.45) is 5.41 Å². The Balaban J connectivity index is 2.58. The van der Waals surface area contributed by atoms with Crippen LogP contribution in [-0.4, -0.2) is 16.3 Å². The summed E-state index contributed by atoms with van der Waals surface area (Å²) in [4.78, 5) is 11.4. The molecule has 2 heteroatoms. The number of carbonyl (C=O) groups excluding carboxylic acids is 1.